The van der Waals surface area contributed by atoms with E-state index in [4.69, 9.17) is 33.2 Å². The smallest absolute Gasteiger partial charge is 0.316 e. The highest BCUT2D eigenvalue weighted by Gasteiger charge is 2.54. The van der Waals surface area contributed by atoms with Crippen LogP contribution in [0.1, 0.15) is 121 Å². The quantitative estimate of drug-likeness (QED) is 0.170. The van der Waals surface area contributed by atoms with Crippen molar-refractivity contribution >= 4 is 17.5 Å². The standard InChI is InChI=1S/C42H55NO16/c1-8-42(52)16-28(33-21(35(42)41(51)53-7)13-23-34(38(33)50)37(49)32-22(36(23)48)11-20(44)12-26(32)46)57-30-14-24(43(5)6)39(18(3)55-30)59-31-15-27(47)40(19(4)56-31)58-29-10-9-25(45)17(2)54-29/h11-13,17-19,24-25,27-31,35,39-40,44-47,50,52H,8-10,14-16H2,1-7H3/t17-,18-,19-,24-,25-,27-,28?,29-,30-,31-,35?,39+,40+,42?/m0/s1. The molecule has 14 atom stereocenters. The van der Waals surface area contributed by atoms with Crippen molar-refractivity contribution in [3.8, 4) is 17.2 Å². The molecule has 59 heavy (non-hydrogen) atoms. The highest BCUT2D eigenvalue weighted by Crippen LogP contribution is 2.54. The average molecular weight is 830 g/mol. The van der Waals surface area contributed by atoms with Crippen molar-refractivity contribution in [3.05, 3.63) is 51.6 Å². The minimum atomic E-state index is -1.80. The maximum absolute atomic E-state index is 13.9. The number of ketones is 2. The van der Waals surface area contributed by atoms with Gasteiger partial charge in [0, 0.05) is 54.5 Å². The number of ether oxygens (including phenoxy) is 7. The molecule has 5 aliphatic rings. The molecule has 3 saturated heterocycles. The van der Waals surface area contributed by atoms with Gasteiger partial charge in [-0.1, -0.05) is 6.92 Å². The summed E-state index contributed by atoms with van der Waals surface area (Å²) in [6, 6.07) is 2.88. The molecule has 6 N–H and O–H groups in total. The second-order valence-corrected chi connectivity index (χ2v) is 16.7. The molecule has 2 aromatic carbocycles. The predicted molar refractivity (Wildman–Crippen MR) is 204 cm³/mol. The summed E-state index contributed by atoms with van der Waals surface area (Å²) in [5.74, 6) is -5.69. The molecule has 324 valence electrons. The Morgan fingerprint density at radius 2 is 1.44 bits per heavy atom. The van der Waals surface area contributed by atoms with Crippen LogP contribution in [0.5, 0.6) is 17.2 Å². The third-order valence-electron chi connectivity index (χ3n) is 12.7. The highest BCUT2D eigenvalue weighted by molar-refractivity contribution is 6.30. The number of aliphatic hydroxyl groups is 3. The van der Waals surface area contributed by atoms with Gasteiger partial charge in [-0.05, 0) is 65.4 Å². The predicted octanol–water partition coefficient (Wildman–Crippen LogP) is 2.66. The van der Waals surface area contributed by atoms with Crippen LogP contribution < -0.4 is 0 Å². The van der Waals surface area contributed by atoms with E-state index in [1.165, 1.54) is 6.07 Å². The summed E-state index contributed by atoms with van der Waals surface area (Å²) >= 11 is 0. The topological polar surface area (TPSA) is 240 Å². The number of aromatic hydroxyl groups is 3. The number of likely N-dealkylation sites (N-methyl/N-ethyl adjacent to an activating group) is 1. The molecule has 2 aliphatic carbocycles. The lowest BCUT2D eigenvalue weighted by atomic mass is 9.67. The summed E-state index contributed by atoms with van der Waals surface area (Å²) in [6.07, 6.45) is -6.82. The molecule has 0 amide bonds. The van der Waals surface area contributed by atoms with Crippen molar-refractivity contribution in [1.29, 1.82) is 0 Å². The van der Waals surface area contributed by atoms with Crippen LogP contribution in [0.2, 0.25) is 0 Å². The van der Waals surface area contributed by atoms with E-state index < -0.39 is 125 Å². The Kier molecular flexibility index (Phi) is 12.2. The van der Waals surface area contributed by atoms with Gasteiger partial charge in [-0.25, -0.2) is 0 Å². The second kappa shape index (κ2) is 16.6. The summed E-state index contributed by atoms with van der Waals surface area (Å²) in [7, 11) is 4.88. The molecule has 3 aliphatic heterocycles. The van der Waals surface area contributed by atoms with Gasteiger partial charge < -0.3 is 68.7 Å². The van der Waals surface area contributed by atoms with Crippen molar-refractivity contribution in [3.63, 3.8) is 0 Å². The molecule has 0 bridgehead atoms. The SMILES string of the molecule is CCC1(O)CC(O[C@H]2C[C@H](N(C)C)[C@H](O[C@H]3C[C@H](O)[C@H](O[C@H]4CC[C@H](O)[C@H](C)O4)[C@H](C)O3)[C@H](C)O2)c2c(cc3c(c2O)C(=O)c2c(O)cc(O)cc2C3=O)C1C(=O)OC. The van der Waals surface area contributed by atoms with E-state index in [0.717, 1.165) is 19.2 Å². The molecular weight excluding hydrogens is 774 g/mol. The maximum atomic E-state index is 13.9. The Labute approximate surface area is 341 Å². The number of phenolic OH excluding ortho intramolecular Hbond substituents is 3. The molecule has 0 saturated carbocycles. The summed E-state index contributed by atoms with van der Waals surface area (Å²) < 4.78 is 42.7. The number of phenols is 3. The zero-order valence-corrected chi connectivity index (χ0v) is 34.2. The fraction of sp³-hybridized carbons (Fsp3) is 0.643. The van der Waals surface area contributed by atoms with E-state index in [-0.39, 0.29) is 54.0 Å². The van der Waals surface area contributed by atoms with Crippen molar-refractivity contribution in [2.75, 3.05) is 21.2 Å². The summed E-state index contributed by atoms with van der Waals surface area (Å²) in [5.41, 5.74) is -3.20. The van der Waals surface area contributed by atoms with Gasteiger partial charge in [0.05, 0.1) is 60.5 Å². The normalized spacial score (nSPS) is 37.1. The largest absolute Gasteiger partial charge is 0.508 e. The van der Waals surface area contributed by atoms with E-state index >= 15 is 0 Å². The number of carbonyl (C=O) groups excluding carboxylic acids is 3. The first-order valence-electron chi connectivity index (χ1n) is 20.2. The van der Waals surface area contributed by atoms with Crippen molar-refractivity contribution in [1.82, 2.24) is 4.90 Å². The average Bonchev–Trinajstić information content (AvgIpc) is 3.16. The van der Waals surface area contributed by atoms with E-state index in [2.05, 4.69) is 0 Å². The van der Waals surface area contributed by atoms with Crippen LogP contribution in [0.25, 0.3) is 0 Å². The van der Waals surface area contributed by atoms with Gasteiger partial charge in [-0.15, -0.1) is 0 Å². The molecule has 17 heteroatoms. The van der Waals surface area contributed by atoms with Crippen LogP contribution >= 0.6 is 0 Å². The van der Waals surface area contributed by atoms with Crippen molar-refractivity contribution < 1.29 is 78.2 Å². The Hall–Kier alpha value is -3.75. The zero-order chi connectivity index (χ0) is 42.8. The number of nitrogens with zero attached hydrogens (tertiary/aromatic N) is 1. The van der Waals surface area contributed by atoms with Gasteiger partial charge in [-0.2, -0.15) is 0 Å². The molecule has 17 nitrogen and oxygen atoms in total. The summed E-state index contributed by atoms with van der Waals surface area (Å²) in [4.78, 5) is 43.2. The molecule has 3 heterocycles. The van der Waals surface area contributed by atoms with Crippen LogP contribution in [0, 0.1) is 0 Å². The third-order valence-corrected chi connectivity index (χ3v) is 12.7. The number of benzene rings is 2. The van der Waals surface area contributed by atoms with Gasteiger partial charge in [0.15, 0.2) is 24.7 Å². The summed E-state index contributed by atoms with van der Waals surface area (Å²) in [5, 5.41) is 66.1. The molecular formula is C42H55NO16. The minimum absolute atomic E-state index is 0.0171. The molecule has 0 radical (unpaired) electrons. The van der Waals surface area contributed by atoms with Crippen LogP contribution in [-0.2, 0) is 38.0 Å². The number of rotatable bonds is 9. The first-order chi connectivity index (χ1) is 27.9. The molecule has 2 aromatic rings. The number of esters is 1. The van der Waals surface area contributed by atoms with E-state index in [1.807, 2.05) is 19.0 Å². The third kappa shape index (κ3) is 7.86. The van der Waals surface area contributed by atoms with Crippen LogP contribution in [-0.4, -0.2) is 148 Å². The fourth-order valence-corrected chi connectivity index (χ4v) is 9.44. The number of aliphatic hydroxyl groups excluding tert-OH is 2. The molecule has 3 fully saturated rings. The number of methoxy groups -OCH3 is 1. The lowest BCUT2D eigenvalue weighted by Crippen LogP contribution is -2.58. The number of hydrogen-bond acceptors (Lipinski definition) is 17. The van der Waals surface area contributed by atoms with Crippen molar-refractivity contribution in [2.45, 2.75) is 151 Å². The lowest BCUT2D eigenvalue weighted by molar-refractivity contribution is -0.328. The van der Waals surface area contributed by atoms with Gasteiger partial charge in [0.2, 0.25) is 5.78 Å². The Bertz CT molecular complexity index is 1940. The van der Waals surface area contributed by atoms with E-state index in [9.17, 15) is 45.0 Å². The second-order valence-electron chi connectivity index (χ2n) is 16.7. The Balaban J connectivity index is 1.14. The summed E-state index contributed by atoms with van der Waals surface area (Å²) in [6.45, 7) is 7.02. The van der Waals surface area contributed by atoms with Crippen molar-refractivity contribution in [2.24, 2.45) is 0 Å². The van der Waals surface area contributed by atoms with Crippen LogP contribution in [0.3, 0.4) is 0 Å². The van der Waals surface area contributed by atoms with Crippen LogP contribution in [0.4, 0.5) is 0 Å². The molecule has 0 aromatic heterocycles. The Morgan fingerprint density at radius 3 is 2.07 bits per heavy atom. The van der Waals surface area contributed by atoms with Crippen LogP contribution in [0.15, 0.2) is 18.2 Å². The van der Waals surface area contributed by atoms with Gasteiger partial charge in [-0.3, -0.25) is 14.4 Å². The minimum Gasteiger partial charge on any atom is -0.508 e. The molecule has 3 unspecified atom stereocenters. The first kappa shape index (κ1) is 43.3. The van der Waals surface area contributed by atoms with Gasteiger partial charge in [0.1, 0.15) is 35.4 Å². The lowest BCUT2D eigenvalue weighted by Gasteiger charge is -2.48. The van der Waals surface area contributed by atoms with Gasteiger partial charge in [0.25, 0.3) is 0 Å². The molecule has 7 rings (SSSR count). The number of fused-ring (bicyclic) bond motifs is 3. The fourth-order valence-electron chi connectivity index (χ4n) is 9.44. The molecule has 0 spiro atoms. The number of hydrogen-bond donors (Lipinski definition) is 6. The van der Waals surface area contributed by atoms with Gasteiger partial charge >= 0.3 is 5.97 Å². The highest BCUT2D eigenvalue weighted by atomic mass is 16.7. The Morgan fingerprint density at radius 1 is 0.814 bits per heavy atom. The number of carbonyl (C=O) groups is 3. The van der Waals surface area contributed by atoms with E-state index in [0.29, 0.717) is 12.8 Å². The monoisotopic (exact) mass is 829 g/mol. The maximum Gasteiger partial charge on any atom is 0.316 e. The first-order valence-corrected chi connectivity index (χ1v) is 20.2. The zero-order valence-electron chi connectivity index (χ0n) is 34.2. The van der Waals surface area contributed by atoms with E-state index in [1.54, 1.807) is 27.7 Å².